The molecular formula is C9H13F2NO2S. The van der Waals surface area contributed by atoms with E-state index in [0.29, 0.717) is 6.54 Å². The molecule has 0 spiro atoms. The van der Waals surface area contributed by atoms with E-state index in [0.717, 1.165) is 25.9 Å². The van der Waals surface area contributed by atoms with Crippen molar-refractivity contribution in [1.82, 2.24) is 4.90 Å². The summed E-state index contributed by atoms with van der Waals surface area (Å²) in [5, 5.41) is -3.67. The van der Waals surface area contributed by atoms with Crippen LogP contribution >= 0.6 is 12.6 Å². The molecule has 1 atom stereocenters. The Morgan fingerprint density at radius 1 is 1.40 bits per heavy atom. The van der Waals surface area contributed by atoms with Crippen LogP contribution in [0.2, 0.25) is 0 Å². The Balaban J connectivity index is 1.93. The molecule has 0 saturated carbocycles. The highest BCUT2D eigenvalue weighted by Gasteiger charge is 2.42. The second-order valence-electron chi connectivity index (χ2n) is 4.12. The van der Waals surface area contributed by atoms with Gasteiger partial charge in [-0.3, -0.25) is 4.90 Å². The van der Waals surface area contributed by atoms with Crippen LogP contribution < -0.4 is 0 Å². The minimum atomic E-state index is -3.67. The molecule has 3 saturated heterocycles. The van der Waals surface area contributed by atoms with Crippen molar-refractivity contribution in [2.45, 2.75) is 24.2 Å². The molecule has 1 unspecified atom stereocenters. The van der Waals surface area contributed by atoms with Gasteiger partial charge >= 0.3 is 11.2 Å². The zero-order valence-electron chi connectivity index (χ0n) is 8.16. The normalized spacial score (nSPS) is 35.3. The van der Waals surface area contributed by atoms with Crippen LogP contribution in [-0.4, -0.2) is 41.9 Å². The molecule has 0 aromatic heterocycles. The maximum atomic E-state index is 12.5. The molecule has 0 amide bonds. The fourth-order valence-electron chi connectivity index (χ4n) is 2.25. The van der Waals surface area contributed by atoms with Gasteiger partial charge in [-0.1, -0.05) is 12.6 Å². The van der Waals surface area contributed by atoms with E-state index in [1.807, 2.05) is 0 Å². The summed E-state index contributed by atoms with van der Waals surface area (Å²) < 4.78 is 29.8. The largest absolute Gasteiger partial charge is 0.456 e. The zero-order chi connectivity index (χ0) is 11.1. The number of carbonyl (C=O) groups excluding carboxylic acids is 1. The van der Waals surface area contributed by atoms with Crippen LogP contribution in [0.4, 0.5) is 8.78 Å². The van der Waals surface area contributed by atoms with Crippen LogP contribution in [0.25, 0.3) is 0 Å². The summed E-state index contributed by atoms with van der Waals surface area (Å²) in [5.74, 6) is -1.28. The highest BCUT2D eigenvalue weighted by atomic mass is 32.1. The summed E-state index contributed by atoms with van der Waals surface area (Å²) in [6, 6.07) is 0. The number of fused-ring (bicyclic) bond motifs is 3. The number of carbonyl (C=O) groups is 1. The molecule has 0 N–H and O–H groups in total. The minimum absolute atomic E-state index is 0.245. The first-order valence-corrected chi connectivity index (χ1v) is 5.45. The van der Waals surface area contributed by atoms with E-state index in [-0.39, 0.29) is 12.0 Å². The van der Waals surface area contributed by atoms with Gasteiger partial charge in [0.1, 0.15) is 6.10 Å². The van der Waals surface area contributed by atoms with Gasteiger partial charge in [-0.15, -0.1) is 0 Å². The number of esters is 1. The van der Waals surface area contributed by atoms with Crippen molar-refractivity contribution in [1.29, 1.82) is 0 Å². The molecule has 3 heterocycles. The van der Waals surface area contributed by atoms with Crippen molar-refractivity contribution in [3.8, 4) is 0 Å². The number of halogens is 2. The van der Waals surface area contributed by atoms with Crippen LogP contribution in [0.3, 0.4) is 0 Å². The standard InChI is InChI=1S/C9H13F2NO2S/c10-9(11,15)8(13)14-7-5-12-3-1-6(7)2-4-12/h6-7,15H,1-5H2. The lowest BCUT2D eigenvalue weighted by Crippen LogP contribution is -2.52. The van der Waals surface area contributed by atoms with Crippen molar-refractivity contribution < 1.29 is 18.3 Å². The molecule has 0 radical (unpaired) electrons. The highest BCUT2D eigenvalue weighted by Crippen LogP contribution is 2.31. The van der Waals surface area contributed by atoms with E-state index in [1.54, 1.807) is 0 Å². The van der Waals surface area contributed by atoms with Gasteiger partial charge in [0, 0.05) is 6.54 Å². The monoisotopic (exact) mass is 237 g/mol. The highest BCUT2D eigenvalue weighted by molar-refractivity contribution is 7.82. The molecule has 0 aromatic carbocycles. The Hall–Kier alpha value is -0.360. The van der Waals surface area contributed by atoms with E-state index in [1.165, 1.54) is 0 Å². The number of hydrogen-bond donors (Lipinski definition) is 1. The van der Waals surface area contributed by atoms with Gasteiger partial charge in [-0.05, 0) is 31.8 Å². The van der Waals surface area contributed by atoms with Crippen LogP contribution in [0.1, 0.15) is 12.8 Å². The Morgan fingerprint density at radius 2 is 2.00 bits per heavy atom. The zero-order valence-corrected chi connectivity index (χ0v) is 9.05. The predicted octanol–water partition coefficient (Wildman–Crippen LogP) is 1.15. The van der Waals surface area contributed by atoms with Gasteiger partial charge in [-0.25, -0.2) is 4.79 Å². The van der Waals surface area contributed by atoms with Gasteiger partial charge in [-0.2, -0.15) is 8.78 Å². The third kappa shape index (κ3) is 2.42. The summed E-state index contributed by atoms with van der Waals surface area (Å²) in [7, 11) is 0. The third-order valence-corrected chi connectivity index (χ3v) is 3.28. The van der Waals surface area contributed by atoms with E-state index in [9.17, 15) is 13.6 Å². The number of ether oxygens (including phenoxy) is 1. The quantitative estimate of drug-likeness (QED) is 0.577. The second-order valence-corrected chi connectivity index (χ2v) is 4.68. The molecule has 3 nitrogen and oxygen atoms in total. The molecule has 86 valence electrons. The summed E-state index contributed by atoms with van der Waals surface area (Å²) in [4.78, 5) is 13.1. The molecule has 0 aromatic rings. The van der Waals surface area contributed by atoms with Crippen molar-refractivity contribution >= 4 is 18.6 Å². The SMILES string of the molecule is O=C(OC1CN2CCC1CC2)C(F)(F)S. The summed E-state index contributed by atoms with van der Waals surface area (Å²) >= 11 is 2.90. The average molecular weight is 237 g/mol. The van der Waals surface area contributed by atoms with Crippen LogP contribution in [0.15, 0.2) is 0 Å². The van der Waals surface area contributed by atoms with Crippen LogP contribution in [0, 0.1) is 5.92 Å². The van der Waals surface area contributed by atoms with E-state index in [2.05, 4.69) is 17.5 Å². The molecular weight excluding hydrogens is 224 g/mol. The molecule has 3 aliphatic rings. The van der Waals surface area contributed by atoms with Crippen molar-refractivity contribution in [3.05, 3.63) is 0 Å². The Labute approximate surface area is 92.2 Å². The number of alkyl halides is 2. The number of rotatable bonds is 2. The molecule has 3 aliphatic heterocycles. The van der Waals surface area contributed by atoms with Gasteiger partial charge in [0.05, 0.1) is 0 Å². The Kier molecular flexibility index (Phi) is 2.89. The third-order valence-electron chi connectivity index (χ3n) is 3.10. The molecule has 6 heteroatoms. The lowest BCUT2D eigenvalue weighted by atomic mass is 9.86. The second kappa shape index (κ2) is 3.90. The van der Waals surface area contributed by atoms with E-state index < -0.39 is 11.2 Å². The lowest BCUT2D eigenvalue weighted by Gasteiger charge is -2.44. The maximum Gasteiger partial charge on any atom is 0.388 e. The smallest absolute Gasteiger partial charge is 0.388 e. The average Bonchev–Trinajstić information content (AvgIpc) is 2.18. The molecule has 3 fully saturated rings. The summed E-state index contributed by atoms with van der Waals surface area (Å²) in [5.41, 5.74) is 0. The Morgan fingerprint density at radius 3 is 2.40 bits per heavy atom. The first-order valence-electron chi connectivity index (χ1n) is 5.00. The first-order chi connectivity index (χ1) is 6.97. The van der Waals surface area contributed by atoms with Crippen LogP contribution in [0.5, 0.6) is 0 Å². The minimum Gasteiger partial charge on any atom is -0.456 e. The van der Waals surface area contributed by atoms with Gasteiger partial charge in [0.15, 0.2) is 0 Å². The molecule has 2 bridgehead atoms. The topological polar surface area (TPSA) is 29.5 Å². The summed E-state index contributed by atoms with van der Waals surface area (Å²) in [6.07, 6.45) is 1.48. The molecule has 0 aliphatic carbocycles. The number of nitrogens with zero attached hydrogens (tertiary/aromatic N) is 1. The van der Waals surface area contributed by atoms with Gasteiger partial charge in [0.2, 0.25) is 0 Å². The first kappa shape index (κ1) is 11.1. The summed E-state index contributed by atoms with van der Waals surface area (Å²) in [6.45, 7) is 2.55. The van der Waals surface area contributed by atoms with E-state index in [4.69, 9.17) is 4.74 Å². The van der Waals surface area contributed by atoms with Crippen LogP contribution in [-0.2, 0) is 9.53 Å². The number of piperidine rings is 3. The molecule has 15 heavy (non-hydrogen) atoms. The fourth-order valence-corrected chi connectivity index (χ4v) is 2.31. The number of hydrogen-bond acceptors (Lipinski definition) is 4. The van der Waals surface area contributed by atoms with Crippen molar-refractivity contribution in [2.24, 2.45) is 5.92 Å². The Bertz CT molecular complexity index is 261. The fraction of sp³-hybridized carbons (Fsp3) is 0.889. The van der Waals surface area contributed by atoms with Gasteiger partial charge < -0.3 is 4.74 Å². The van der Waals surface area contributed by atoms with E-state index >= 15 is 0 Å². The lowest BCUT2D eigenvalue weighted by molar-refractivity contribution is -0.174. The maximum absolute atomic E-state index is 12.5. The predicted molar refractivity (Wildman–Crippen MR) is 53.0 cm³/mol. The van der Waals surface area contributed by atoms with Gasteiger partial charge in [0.25, 0.3) is 0 Å². The number of thiol groups is 1. The molecule has 3 rings (SSSR count). The van der Waals surface area contributed by atoms with Crippen molar-refractivity contribution in [2.75, 3.05) is 19.6 Å². The van der Waals surface area contributed by atoms with Crippen molar-refractivity contribution in [3.63, 3.8) is 0 Å².